The lowest BCUT2D eigenvalue weighted by molar-refractivity contribution is -0.143. The summed E-state index contributed by atoms with van der Waals surface area (Å²) in [7, 11) is 0. The van der Waals surface area contributed by atoms with E-state index in [-0.39, 0.29) is 12.0 Å². The van der Waals surface area contributed by atoms with Crippen LogP contribution in [0.1, 0.15) is 30.1 Å². The predicted octanol–water partition coefficient (Wildman–Crippen LogP) is 4.12. The van der Waals surface area contributed by atoms with Gasteiger partial charge in [0.2, 0.25) is 0 Å². The van der Waals surface area contributed by atoms with Crippen molar-refractivity contribution < 1.29 is 9.90 Å². The number of aromatic nitrogens is 1. The van der Waals surface area contributed by atoms with Crippen molar-refractivity contribution in [1.82, 2.24) is 9.88 Å². The average molecular weight is 346 g/mol. The predicted molar refractivity (Wildman–Crippen MR) is 102 cm³/mol. The molecule has 0 spiro atoms. The van der Waals surface area contributed by atoms with E-state index < -0.39 is 5.97 Å². The standard InChI is InChI=1S/C22H22N2O2/c25-22(26)18-12-14-24(15-13-18)21(17-7-2-1-3-8-17)20-11-10-16-6-4-5-9-19(16)23-20/h1-11,18,21H,12-15H2,(H,25,26). The molecule has 0 amide bonds. The Morgan fingerprint density at radius 1 is 0.962 bits per heavy atom. The monoisotopic (exact) mass is 346 g/mol. The Morgan fingerprint density at radius 2 is 1.65 bits per heavy atom. The number of fused-ring (bicyclic) bond motifs is 1. The molecule has 1 fully saturated rings. The highest BCUT2D eigenvalue weighted by atomic mass is 16.4. The number of carboxylic acid groups (broad SMARTS) is 1. The van der Waals surface area contributed by atoms with E-state index in [4.69, 9.17) is 4.98 Å². The summed E-state index contributed by atoms with van der Waals surface area (Å²) in [4.78, 5) is 18.6. The molecule has 0 saturated carbocycles. The highest BCUT2D eigenvalue weighted by Gasteiger charge is 2.30. The van der Waals surface area contributed by atoms with E-state index in [2.05, 4.69) is 35.2 Å². The van der Waals surface area contributed by atoms with Crippen molar-refractivity contribution >= 4 is 16.9 Å². The summed E-state index contributed by atoms with van der Waals surface area (Å²) in [5.74, 6) is -0.906. The summed E-state index contributed by atoms with van der Waals surface area (Å²) in [6.07, 6.45) is 1.37. The molecule has 4 rings (SSSR count). The molecule has 2 aromatic carbocycles. The van der Waals surface area contributed by atoms with Crippen LogP contribution in [0, 0.1) is 5.92 Å². The van der Waals surface area contributed by atoms with Crippen LogP contribution in [0.5, 0.6) is 0 Å². The van der Waals surface area contributed by atoms with Crippen molar-refractivity contribution in [1.29, 1.82) is 0 Å². The van der Waals surface area contributed by atoms with Crippen LogP contribution in [0.15, 0.2) is 66.7 Å². The van der Waals surface area contributed by atoms with Gasteiger partial charge in [0, 0.05) is 5.39 Å². The molecule has 1 aliphatic rings. The molecule has 3 aromatic rings. The number of aliphatic carboxylic acids is 1. The smallest absolute Gasteiger partial charge is 0.306 e. The first-order valence-electron chi connectivity index (χ1n) is 9.10. The fraction of sp³-hybridized carbons (Fsp3) is 0.273. The Morgan fingerprint density at radius 3 is 2.38 bits per heavy atom. The number of hydrogen-bond donors (Lipinski definition) is 1. The topological polar surface area (TPSA) is 53.4 Å². The van der Waals surface area contributed by atoms with Crippen molar-refractivity contribution in [3.8, 4) is 0 Å². The number of piperidine rings is 1. The second-order valence-electron chi connectivity index (χ2n) is 6.89. The molecule has 1 aromatic heterocycles. The van der Waals surface area contributed by atoms with Crippen molar-refractivity contribution in [2.24, 2.45) is 5.92 Å². The van der Waals surface area contributed by atoms with Crippen LogP contribution in [0.2, 0.25) is 0 Å². The Bertz CT molecular complexity index is 902. The molecule has 0 bridgehead atoms. The Labute approximate surface area is 153 Å². The normalized spacial score (nSPS) is 17.2. The second-order valence-corrected chi connectivity index (χ2v) is 6.89. The number of para-hydroxylation sites is 1. The third-order valence-corrected chi connectivity index (χ3v) is 5.26. The third-order valence-electron chi connectivity index (χ3n) is 5.26. The van der Waals surface area contributed by atoms with Crippen LogP contribution in [-0.4, -0.2) is 34.0 Å². The molecule has 0 radical (unpaired) electrons. The van der Waals surface area contributed by atoms with Crippen molar-refractivity contribution in [2.45, 2.75) is 18.9 Å². The average Bonchev–Trinajstić information content (AvgIpc) is 2.69. The highest BCUT2D eigenvalue weighted by Crippen LogP contribution is 2.32. The quantitative estimate of drug-likeness (QED) is 0.772. The number of pyridine rings is 1. The number of likely N-dealkylation sites (tertiary alicyclic amines) is 1. The third kappa shape index (κ3) is 3.33. The lowest BCUT2D eigenvalue weighted by Crippen LogP contribution is -2.39. The molecule has 132 valence electrons. The maximum absolute atomic E-state index is 11.3. The van der Waals surface area contributed by atoms with Crippen LogP contribution in [0.3, 0.4) is 0 Å². The van der Waals surface area contributed by atoms with Gasteiger partial charge in [-0.15, -0.1) is 0 Å². The summed E-state index contributed by atoms with van der Waals surface area (Å²) in [6, 6.07) is 22.8. The van der Waals surface area contributed by atoms with Crippen LogP contribution in [-0.2, 0) is 4.79 Å². The minimum absolute atomic E-state index is 0.0514. The molecule has 4 heteroatoms. The molecule has 4 nitrogen and oxygen atoms in total. The molecule has 1 saturated heterocycles. The highest BCUT2D eigenvalue weighted by molar-refractivity contribution is 5.78. The first-order valence-corrected chi connectivity index (χ1v) is 9.10. The van der Waals surface area contributed by atoms with Gasteiger partial charge in [0.05, 0.1) is 23.2 Å². The van der Waals surface area contributed by atoms with Gasteiger partial charge in [-0.05, 0) is 43.6 Å². The van der Waals surface area contributed by atoms with E-state index in [1.165, 1.54) is 5.56 Å². The van der Waals surface area contributed by atoms with Crippen molar-refractivity contribution in [2.75, 3.05) is 13.1 Å². The lowest BCUT2D eigenvalue weighted by atomic mass is 9.93. The lowest BCUT2D eigenvalue weighted by Gasteiger charge is -2.36. The van der Waals surface area contributed by atoms with Gasteiger partial charge in [0.1, 0.15) is 0 Å². The molecule has 1 unspecified atom stereocenters. The molecule has 2 heterocycles. The van der Waals surface area contributed by atoms with Gasteiger partial charge in [-0.25, -0.2) is 0 Å². The summed E-state index contributed by atoms with van der Waals surface area (Å²) in [5, 5.41) is 10.4. The van der Waals surface area contributed by atoms with E-state index in [1.807, 2.05) is 36.4 Å². The summed E-state index contributed by atoms with van der Waals surface area (Å²) in [6.45, 7) is 1.54. The number of carboxylic acids is 1. The van der Waals surface area contributed by atoms with Gasteiger partial charge in [0.15, 0.2) is 0 Å². The molecule has 1 N–H and O–H groups in total. The maximum Gasteiger partial charge on any atom is 0.306 e. The number of carbonyl (C=O) groups is 1. The second kappa shape index (κ2) is 7.26. The summed E-state index contributed by atoms with van der Waals surface area (Å²) >= 11 is 0. The molecular weight excluding hydrogens is 324 g/mol. The SMILES string of the molecule is O=C(O)C1CCN(C(c2ccccc2)c2ccc3ccccc3n2)CC1. The number of nitrogens with zero attached hydrogens (tertiary/aromatic N) is 2. The van der Waals surface area contributed by atoms with Crippen LogP contribution >= 0.6 is 0 Å². The number of rotatable bonds is 4. The van der Waals surface area contributed by atoms with Gasteiger partial charge in [-0.3, -0.25) is 14.7 Å². The first-order chi connectivity index (χ1) is 12.7. The van der Waals surface area contributed by atoms with Gasteiger partial charge in [-0.1, -0.05) is 54.6 Å². The zero-order valence-corrected chi connectivity index (χ0v) is 14.6. The van der Waals surface area contributed by atoms with Crippen LogP contribution in [0.25, 0.3) is 10.9 Å². The molecule has 1 aliphatic heterocycles. The molecule has 26 heavy (non-hydrogen) atoms. The fourth-order valence-corrected chi connectivity index (χ4v) is 3.84. The molecule has 1 atom stereocenters. The zero-order valence-electron chi connectivity index (χ0n) is 14.6. The molecular formula is C22H22N2O2. The van der Waals surface area contributed by atoms with Gasteiger partial charge in [-0.2, -0.15) is 0 Å². The minimum Gasteiger partial charge on any atom is -0.481 e. The van der Waals surface area contributed by atoms with Crippen LogP contribution in [0.4, 0.5) is 0 Å². The maximum atomic E-state index is 11.3. The van der Waals surface area contributed by atoms with E-state index in [0.29, 0.717) is 12.8 Å². The summed E-state index contributed by atoms with van der Waals surface area (Å²) in [5.41, 5.74) is 3.21. The zero-order chi connectivity index (χ0) is 17.9. The minimum atomic E-state index is -0.676. The van der Waals surface area contributed by atoms with Gasteiger partial charge in [0.25, 0.3) is 0 Å². The molecule has 0 aliphatic carbocycles. The van der Waals surface area contributed by atoms with Gasteiger partial charge < -0.3 is 5.11 Å². The largest absolute Gasteiger partial charge is 0.481 e. The first kappa shape index (κ1) is 16.7. The van der Waals surface area contributed by atoms with Crippen molar-refractivity contribution in [3.05, 3.63) is 78.0 Å². The van der Waals surface area contributed by atoms with Crippen LogP contribution < -0.4 is 0 Å². The Balaban J connectivity index is 1.70. The van der Waals surface area contributed by atoms with E-state index in [1.54, 1.807) is 0 Å². The summed E-state index contributed by atoms with van der Waals surface area (Å²) < 4.78 is 0. The Kier molecular flexibility index (Phi) is 4.67. The number of hydrogen-bond acceptors (Lipinski definition) is 3. The fourth-order valence-electron chi connectivity index (χ4n) is 3.84. The van der Waals surface area contributed by atoms with Gasteiger partial charge >= 0.3 is 5.97 Å². The van der Waals surface area contributed by atoms with E-state index in [9.17, 15) is 9.90 Å². The number of benzene rings is 2. The Hall–Kier alpha value is -2.72. The van der Waals surface area contributed by atoms with E-state index >= 15 is 0 Å². The van der Waals surface area contributed by atoms with Crippen molar-refractivity contribution in [3.63, 3.8) is 0 Å². The van der Waals surface area contributed by atoms with E-state index in [0.717, 1.165) is 29.7 Å².